The monoisotopic (exact) mass is 257 g/mol. The average Bonchev–Trinajstić information content (AvgIpc) is 2.83. The van der Waals surface area contributed by atoms with Crippen molar-refractivity contribution in [2.45, 2.75) is 25.3 Å². The number of carbonyl (C=O) groups is 1. The summed E-state index contributed by atoms with van der Waals surface area (Å²) in [4.78, 5) is 13.3. The molecule has 100 valence electrons. The lowest BCUT2D eigenvalue weighted by molar-refractivity contribution is -0.119. The van der Waals surface area contributed by atoms with Crippen molar-refractivity contribution in [2.75, 3.05) is 19.6 Å². The van der Waals surface area contributed by atoms with Crippen LogP contribution in [-0.4, -0.2) is 36.5 Å². The second-order valence-corrected chi connectivity index (χ2v) is 5.04. The molecule has 1 N–H and O–H groups in total. The highest BCUT2D eigenvalue weighted by molar-refractivity contribution is 5.73. The van der Waals surface area contributed by atoms with Crippen molar-refractivity contribution in [3.63, 3.8) is 0 Å². The van der Waals surface area contributed by atoms with Crippen LogP contribution in [0.15, 0.2) is 30.3 Å². The highest BCUT2D eigenvalue weighted by Gasteiger charge is 2.25. The number of amides is 1. The summed E-state index contributed by atoms with van der Waals surface area (Å²) < 4.78 is 0. The van der Waals surface area contributed by atoms with Crippen LogP contribution in [-0.2, 0) is 4.79 Å². The predicted octanol–water partition coefficient (Wildman–Crippen LogP) is 1.50. The molecule has 1 aliphatic heterocycles. The summed E-state index contributed by atoms with van der Waals surface area (Å²) in [5.41, 5.74) is 1.06. The van der Waals surface area contributed by atoms with Crippen LogP contribution in [0.3, 0.4) is 0 Å². The zero-order chi connectivity index (χ0) is 13.7. The van der Waals surface area contributed by atoms with Crippen LogP contribution >= 0.6 is 0 Å². The molecule has 1 aliphatic rings. The van der Waals surface area contributed by atoms with Crippen LogP contribution < -0.4 is 5.32 Å². The predicted molar refractivity (Wildman–Crippen MR) is 73.5 cm³/mol. The molecule has 4 heteroatoms. The molecule has 1 amide bonds. The van der Waals surface area contributed by atoms with Crippen molar-refractivity contribution in [3.05, 3.63) is 35.9 Å². The summed E-state index contributed by atoms with van der Waals surface area (Å²) in [6, 6.07) is 12.5. The molecule has 2 rings (SSSR count). The Kier molecular flexibility index (Phi) is 4.53. The number of hydrogen-bond acceptors (Lipinski definition) is 3. The van der Waals surface area contributed by atoms with E-state index in [4.69, 9.17) is 0 Å². The first-order valence-electron chi connectivity index (χ1n) is 6.63. The van der Waals surface area contributed by atoms with E-state index in [2.05, 4.69) is 16.3 Å². The first-order valence-corrected chi connectivity index (χ1v) is 6.63. The number of nitriles is 1. The maximum atomic E-state index is 11.0. The molecule has 0 bridgehead atoms. The van der Waals surface area contributed by atoms with E-state index in [0.717, 1.165) is 31.6 Å². The van der Waals surface area contributed by atoms with E-state index < -0.39 is 0 Å². The number of rotatable bonds is 4. The zero-order valence-electron chi connectivity index (χ0n) is 11.2. The average molecular weight is 257 g/mol. The van der Waals surface area contributed by atoms with Gasteiger partial charge < -0.3 is 5.32 Å². The van der Waals surface area contributed by atoms with Crippen molar-refractivity contribution < 1.29 is 4.79 Å². The summed E-state index contributed by atoms with van der Waals surface area (Å²) in [5.74, 6) is -0.0796. The first kappa shape index (κ1) is 13.6. The van der Waals surface area contributed by atoms with E-state index in [0.29, 0.717) is 0 Å². The van der Waals surface area contributed by atoms with Crippen molar-refractivity contribution in [1.82, 2.24) is 10.2 Å². The topological polar surface area (TPSA) is 56.1 Å². The van der Waals surface area contributed by atoms with E-state index in [-0.39, 0.29) is 17.9 Å². The number of hydrogen-bond donors (Lipinski definition) is 1. The third-order valence-electron chi connectivity index (χ3n) is 3.48. The Hall–Kier alpha value is -1.86. The van der Waals surface area contributed by atoms with Crippen molar-refractivity contribution >= 4 is 5.91 Å². The molecule has 2 atom stereocenters. The molecule has 0 aliphatic carbocycles. The van der Waals surface area contributed by atoms with Crippen LogP contribution in [0.1, 0.15) is 24.8 Å². The maximum absolute atomic E-state index is 11.0. The molecule has 0 aromatic heterocycles. The van der Waals surface area contributed by atoms with Gasteiger partial charge in [-0.05, 0) is 12.0 Å². The lowest BCUT2D eigenvalue weighted by atomic mass is 10.0. The summed E-state index contributed by atoms with van der Waals surface area (Å²) in [5, 5.41) is 12.2. The molecular weight excluding hydrogens is 238 g/mol. The molecule has 4 nitrogen and oxygen atoms in total. The van der Waals surface area contributed by atoms with Gasteiger partial charge in [0.2, 0.25) is 5.91 Å². The van der Waals surface area contributed by atoms with Crippen LogP contribution in [0.25, 0.3) is 0 Å². The lowest BCUT2D eigenvalue weighted by Crippen LogP contribution is -2.36. The summed E-state index contributed by atoms with van der Waals surface area (Å²) in [6.07, 6.45) is 0.965. The van der Waals surface area contributed by atoms with Gasteiger partial charge in [-0.3, -0.25) is 9.69 Å². The minimum atomic E-state index is -0.0997. The van der Waals surface area contributed by atoms with E-state index >= 15 is 0 Å². The lowest BCUT2D eigenvalue weighted by Gasteiger charge is -2.19. The van der Waals surface area contributed by atoms with Gasteiger partial charge in [0.05, 0.1) is 12.0 Å². The Labute approximate surface area is 114 Å². The second-order valence-electron chi connectivity index (χ2n) is 5.04. The molecule has 1 aromatic carbocycles. The molecule has 1 saturated heterocycles. The van der Waals surface area contributed by atoms with Gasteiger partial charge in [0.15, 0.2) is 0 Å². The normalized spacial score (nSPS) is 20.7. The Morgan fingerprint density at radius 3 is 2.89 bits per heavy atom. The van der Waals surface area contributed by atoms with E-state index in [1.807, 2.05) is 30.3 Å². The highest BCUT2D eigenvalue weighted by atomic mass is 16.1. The van der Waals surface area contributed by atoms with Gasteiger partial charge in [0.25, 0.3) is 0 Å². The third kappa shape index (κ3) is 3.80. The number of carbonyl (C=O) groups excluding carboxylic acids is 1. The summed E-state index contributed by atoms with van der Waals surface area (Å²) in [6.45, 7) is 4.06. The van der Waals surface area contributed by atoms with Gasteiger partial charge in [-0.1, -0.05) is 30.3 Å². The molecule has 0 spiro atoms. The standard InChI is InChI=1S/C15H19N3O/c1-12(19)17-15-7-8-18(11-15)10-14(9-16)13-5-3-2-4-6-13/h2-6,14-15H,7-8,10-11H2,1H3,(H,17,19). The van der Waals surface area contributed by atoms with Gasteiger partial charge in [0, 0.05) is 32.6 Å². The summed E-state index contributed by atoms with van der Waals surface area (Å²) in [7, 11) is 0. The Morgan fingerprint density at radius 1 is 1.53 bits per heavy atom. The Balaban J connectivity index is 1.91. The summed E-state index contributed by atoms with van der Waals surface area (Å²) >= 11 is 0. The quantitative estimate of drug-likeness (QED) is 0.889. The van der Waals surface area contributed by atoms with Crippen LogP contribution in [0, 0.1) is 11.3 Å². The molecule has 1 heterocycles. The van der Waals surface area contributed by atoms with Gasteiger partial charge in [-0.25, -0.2) is 0 Å². The highest BCUT2D eigenvalue weighted by Crippen LogP contribution is 2.19. The molecule has 2 unspecified atom stereocenters. The largest absolute Gasteiger partial charge is 0.352 e. The first-order chi connectivity index (χ1) is 9.19. The fraction of sp³-hybridized carbons (Fsp3) is 0.467. The minimum absolute atomic E-state index is 0.0201. The SMILES string of the molecule is CC(=O)NC1CCN(CC(C#N)c2ccccc2)C1. The number of likely N-dealkylation sites (tertiary alicyclic amines) is 1. The smallest absolute Gasteiger partial charge is 0.217 e. The van der Waals surface area contributed by atoms with Gasteiger partial charge in [0.1, 0.15) is 0 Å². The van der Waals surface area contributed by atoms with Gasteiger partial charge in [-0.2, -0.15) is 5.26 Å². The molecule has 19 heavy (non-hydrogen) atoms. The zero-order valence-corrected chi connectivity index (χ0v) is 11.2. The fourth-order valence-electron chi connectivity index (χ4n) is 2.57. The second kappa shape index (κ2) is 6.35. The van der Waals surface area contributed by atoms with Crippen LogP contribution in [0.2, 0.25) is 0 Å². The number of nitrogens with zero attached hydrogens (tertiary/aromatic N) is 2. The minimum Gasteiger partial charge on any atom is -0.352 e. The van der Waals surface area contributed by atoms with Gasteiger partial charge in [-0.15, -0.1) is 0 Å². The Bertz CT molecular complexity index is 466. The van der Waals surface area contributed by atoms with E-state index in [9.17, 15) is 10.1 Å². The molecule has 1 fully saturated rings. The Morgan fingerprint density at radius 2 is 2.26 bits per heavy atom. The number of benzene rings is 1. The number of nitrogens with one attached hydrogen (secondary N) is 1. The third-order valence-corrected chi connectivity index (χ3v) is 3.48. The van der Waals surface area contributed by atoms with Crippen LogP contribution in [0.4, 0.5) is 0 Å². The molecule has 0 saturated carbocycles. The van der Waals surface area contributed by atoms with Crippen molar-refractivity contribution in [3.8, 4) is 6.07 Å². The van der Waals surface area contributed by atoms with Crippen molar-refractivity contribution in [2.24, 2.45) is 0 Å². The molecular formula is C15H19N3O. The van der Waals surface area contributed by atoms with E-state index in [1.54, 1.807) is 6.92 Å². The molecule has 1 aromatic rings. The van der Waals surface area contributed by atoms with Gasteiger partial charge >= 0.3 is 0 Å². The maximum Gasteiger partial charge on any atom is 0.217 e. The molecule has 0 radical (unpaired) electrons. The van der Waals surface area contributed by atoms with Crippen molar-refractivity contribution in [1.29, 1.82) is 5.26 Å². The fourth-order valence-corrected chi connectivity index (χ4v) is 2.57. The van der Waals surface area contributed by atoms with E-state index in [1.165, 1.54) is 0 Å². The van der Waals surface area contributed by atoms with Crippen LogP contribution in [0.5, 0.6) is 0 Å².